The van der Waals surface area contributed by atoms with Crippen LogP contribution < -0.4 is 10.6 Å². The summed E-state index contributed by atoms with van der Waals surface area (Å²) in [5, 5.41) is 5.47. The zero-order chi connectivity index (χ0) is 21.3. The molecule has 2 aromatic rings. The van der Waals surface area contributed by atoms with Crippen LogP contribution in [0.3, 0.4) is 0 Å². The Labute approximate surface area is 177 Å². The minimum Gasteiger partial charge on any atom is -0.342 e. The number of likely N-dealkylation sites (tertiary alicyclic amines) is 1. The van der Waals surface area contributed by atoms with Crippen LogP contribution in [0, 0.1) is 11.7 Å². The molecule has 0 bridgehead atoms. The van der Waals surface area contributed by atoms with Crippen LogP contribution in [0.25, 0.3) is 0 Å². The SMILES string of the molecule is CCc1ccc(CCC(=O)N2CCCC(CNC(=O)Nc3cccc(F)c3)C2)cc1. The van der Waals surface area contributed by atoms with Gasteiger partial charge in [-0.1, -0.05) is 37.3 Å². The smallest absolute Gasteiger partial charge is 0.319 e. The Morgan fingerprint density at radius 1 is 1.13 bits per heavy atom. The number of urea groups is 1. The van der Waals surface area contributed by atoms with E-state index in [1.165, 1.54) is 23.3 Å². The third-order valence-electron chi connectivity index (χ3n) is 5.56. The molecule has 1 heterocycles. The Balaban J connectivity index is 1.41. The van der Waals surface area contributed by atoms with E-state index < -0.39 is 5.82 Å². The van der Waals surface area contributed by atoms with Gasteiger partial charge < -0.3 is 15.5 Å². The highest BCUT2D eigenvalue weighted by Gasteiger charge is 2.23. The van der Waals surface area contributed by atoms with E-state index in [4.69, 9.17) is 0 Å². The minimum absolute atomic E-state index is 0.170. The third kappa shape index (κ3) is 6.58. The number of carbonyl (C=O) groups is 2. The van der Waals surface area contributed by atoms with Crippen molar-refractivity contribution in [3.63, 3.8) is 0 Å². The third-order valence-corrected chi connectivity index (χ3v) is 5.56. The van der Waals surface area contributed by atoms with Gasteiger partial charge in [0.05, 0.1) is 0 Å². The van der Waals surface area contributed by atoms with E-state index in [2.05, 4.69) is 41.8 Å². The number of piperidine rings is 1. The summed E-state index contributed by atoms with van der Waals surface area (Å²) >= 11 is 0. The summed E-state index contributed by atoms with van der Waals surface area (Å²) in [5.74, 6) is 0.00354. The van der Waals surface area contributed by atoms with Gasteiger partial charge in [0, 0.05) is 31.7 Å². The predicted octanol–water partition coefficient (Wildman–Crippen LogP) is 4.38. The number of anilines is 1. The summed E-state index contributed by atoms with van der Waals surface area (Å²) in [4.78, 5) is 26.6. The van der Waals surface area contributed by atoms with E-state index in [9.17, 15) is 14.0 Å². The Morgan fingerprint density at radius 3 is 2.63 bits per heavy atom. The fraction of sp³-hybridized carbons (Fsp3) is 0.417. The molecule has 1 aliphatic heterocycles. The number of hydrogen-bond donors (Lipinski definition) is 2. The zero-order valence-electron chi connectivity index (χ0n) is 17.5. The fourth-order valence-corrected chi connectivity index (χ4v) is 3.79. The molecule has 0 saturated carbocycles. The van der Waals surface area contributed by atoms with Gasteiger partial charge in [-0.2, -0.15) is 0 Å². The lowest BCUT2D eigenvalue weighted by molar-refractivity contribution is -0.132. The van der Waals surface area contributed by atoms with Crippen molar-refractivity contribution in [2.75, 3.05) is 25.0 Å². The fourth-order valence-electron chi connectivity index (χ4n) is 3.79. The molecule has 1 fully saturated rings. The topological polar surface area (TPSA) is 61.4 Å². The van der Waals surface area contributed by atoms with E-state index in [0.717, 1.165) is 32.2 Å². The number of hydrogen-bond acceptors (Lipinski definition) is 2. The Morgan fingerprint density at radius 2 is 1.90 bits per heavy atom. The number of aryl methyl sites for hydroxylation is 2. The maximum absolute atomic E-state index is 13.2. The maximum Gasteiger partial charge on any atom is 0.319 e. The molecule has 1 saturated heterocycles. The number of benzene rings is 2. The second-order valence-corrected chi connectivity index (χ2v) is 7.86. The monoisotopic (exact) mass is 411 g/mol. The van der Waals surface area contributed by atoms with Gasteiger partial charge in [0.15, 0.2) is 0 Å². The maximum atomic E-state index is 13.2. The second-order valence-electron chi connectivity index (χ2n) is 7.86. The van der Waals surface area contributed by atoms with E-state index in [-0.39, 0.29) is 17.9 Å². The van der Waals surface area contributed by atoms with Crippen molar-refractivity contribution >= 4 is 17.6 Å². The molecule has 0 aliphatic carbocycles. The van der Waals surface area contributed by atoms with Crippen molar-refractivity contribution in [1.82, 2.24) is 10.2 Å². The Bertz CT molecular complexity index is 854. The summed E-state index contributed by atoms with van der Waals surface area (Å²) in [6.45, 7) is 4.06. The molecule has 1 unspecified atom stereocenters. The molecule has 3 amide bonds. The zero-order valence-corrected chi connectivity index (χ0v) is 17.5. The van der Waals surface area contributed by atoms with E-state index in [1.807, 2.05) is 4.90 Å². The lowest BCUT2D eigenvalue weighted by Crippen LogP contribution is -2.44. The molecule has 2 aromatic carbocycles. The minimum atomic E-state index is -0.393. The van der Waals surface area contributed by atoms with Gasteiger partial charge >= 0.3 is 6.03 Å². The van der Waals surface area contributed by atoms with Gasteiger partial charge in [0.2, 0.25) is 5.91 Å². The molecule has 0 aromatic heterocycles. The normalized spacial score (nSPS) is 16.2. The summed E-state index contributed by atoms with van der Waals surface area (Å²) < 4.78 is 13.2. The van der Waals surface area contributed by atoms with Crippen molar-refractivity contribution in [2.45, 2.75) is 39.0 Å². The molecule has 1 atom stereocenters. The molecule has 160 valence electrons. The van der Waals surface area contributed by atoms with Crippen LogP contribution in [-0.4, -0.2) is 36.5 Å². The van der Waals surface area contributed by atoms with Gasteiger partial charge in [0.25, 0.3) is 0 Å². The molecule has 3 rings (SSSR count). The highest BCUT2D eigenvalue weighted by Crippen LogP contribution is 2.18. The first-order valence-corrected chi connectivity index (χ1v) is 10.7. The first-order valence-electron chi connectivity index (χ1n) is 10.7. The van der Waals surface area contributed by atoms with Gasteiger partial charge in [-0.3, -0.25) is 4.79 Å². The number of nitrogens with one attached hydrogen (secondary N) is 2. The molecular formula is C24H30FN3O2. The number of halogens is 1. The van der Waals surface area contributed by atoms with E-state index >= 15 is 0 Å². The van der Waals surface area contributed by atoms with Crippen molar-refractivity contribution in [2.24, 2.45) is 5.92 Å². The number of carbonyl (C=O) groups excluding carboxylic acids is 2. The standard InChI is InChI=1S/C24H30FN3O2/c1-2-18-8-10-19(11-9-18)12-13-23(29)28-14-4-5-20(17-28)16-26-24(30)27-22-7-3-6-21(25)15-22/h3,6-11,15,20H,2,4-5,12-14,16-17H2,1H3,(H2,26,27,30). The number of nitrogens with zero attached hydrogens (tertiary/aromatic N) is 1. The van der Waals surface area contributed by atoms with E-state index in [1.54, 1.807) is 12.1 Å². The first kappa shape index (κ1) is 21.8. The Hall–Kier alpha value is -2.89. The van der Waals surface area contributed by atoms with Gasteiger partial charge in [-0.25, -0.2) is 9.18 Å². The lowest BCUT2D eigenvalue weighted by atomic mass is 9.97. The van der Waals surface area contributed by atoms with Gasteiger partial charge in [0.1, 0.15) is 5.82 Å². The summed E-state index contributed by atoms with van der Waals surface area (Å²) in [7, 11) is 0. The van der Waals surface area contributed by atoms with Crippen molar-refractivity contribution < 1.29 is 14.0 Å². The molecule has 0 spiro atoms. The van der Waals surface area contributed by atoms with Crippen LogP contribution in [0.2, 0.25) is 0 Å². The molecule has 1 aliphatic rings. The number of amides is 3. The molecule has 6 heteroatoms. The summed E-state index contributed by atoms with van der Waals surface area (Å²) in [6, 6.07) is 13.9. The molecule has 5 nitrogen and oxygen atoms in total. The lowest BCUT2D eigenvalue weighted by Gasteiger charge is -2.33. The highest BCUT2D eigenvalue weighted by atomic mass is 19.1. The highest BCUT2D eigenvalue weighted by molar-refractivity contribution is 5.89. The van der Waals surface area contributed by atoms with Crippen molar-refractivity contribution in [3.8, 4) is 0 Å². The quantitative estimate of drug-likeness (QED) is 0.710. The molecule has 0 radical (unpaired) electrons. The van der Waals surface area contributed by atoms with Crippen LogP contribution in [0.1, 0.15) is 37.3 Å². The average molecular weight is 412 g/mol. The van der Waals surface area contributed by atoms with Crippen LogP contribution in [0.4, 0.5) is 14.9 Å². The van der Waals surface area contributed by atoms with Gasteiger partial charge in [-0.05, 0) is 60.9 Å². The van der Waals surface area contributed by atoms with Crippen molar-refractivity contribution in [3.05, 3.63) is 65.5 Å². The number of rotatable bonds is 7. The first-order chi connectivity index (χ1) is 14.5. The molecular weight excluding hydrogens is 381 g/mol. The Kier molecular flexibility index (Phi) is 7.82. The van der Waals surface area contributed by atoms with Crippen molar-refractivity contribution in [1.29, 1.82) is 0 Å². The average Bonchev–Trinajstić information content (AvgIpc) is 2.76. The van der Waals surface area contributed by atoms with E-state index in [0.29, 0.717) is 25.2 Å². The molecule has 30 heavy (non-hydrogen) atoms. The predicted molar refractivity (Wildman–Crippen MR) is 117 cm³/mol. The summed E-state index contributed by atoms with van der Waals surface area (Å²) in [5.41, 5.74) is 2.91. The second kappa shape index (κ2) is 10.8. The van der Waals surface area contributed by atoms with Crippen LogP contribution in [0.5, 0.6) is 0 Å². The van der Waals surface area contributed by atoms with Crippen LogP contribution >= 0.6 is 0 Å². The van der Waals surface area contributed by atoms with Crippen LogP contribution in [0.15, 0.2) is 48.5 Å². The van der Waals surface area contributed by atoms with Gasteiger partial charge in [-0.15, -0.1) is 0 Å². The summed E-state index contributed by atoms with van der Waals surface area (Å²) in [6.07, 6.45) is 4.18. The van der Waals surface area contributed by atoms with Crippen LogP contribution in [-0.2, 0) is 17.6 Å². The molecule has 2 N–H and O–H groups in total. The largest absolute Gasteiger partial charge is 0.342 e.